The molecule has 9 aromatic heterocycles. The number of alkyl halides is 3. The molecule has 508 valence electrons. The Labute approximate surface area is 571 Å². The zero-order valence-electron chi connectivity index (χ0n) is 55.2. The van der Waals surface area contributed by atoms with Crippen molar-refractivity contribution in [2.24, 2.45) is 0 Å². The van der Waals surface area contributed by atoms with Crippen molar-refractivity contribution in [3.63, 3.8) is 0 Å². The van der Waals surface area contributed by atoms with Crippen LogP contribution in [0.3, 0.4) is 0 Å². The lowest BCUT2D eigenvalue weighted by molar-refractivity contribution is -0.162. The number of nitrogens with zero attached hydrogens (tertiary/aromatic N) is 15. The van der Waals surface area contributed by atoms with Gasteiger partial charge in [-0.2, -0.15) is 13.2 Å². The summed E-state index contributed by atoms with van der Waals surface area (Å²) in [4.78, 5) is 78.2. The molecule has 0 saturated heterocycles. The topological polar surface area (TPSA) is 233 Å². The maximum absolute atomic E-state index is 14.8. The number of carbonyl (C=O) groups excluding carboxylic acids is 3. The number of aromatic nitrogens is 15. The Hall–Kier alpha value is -11.6. The minimum atomic E-state index is -4.48. The predicted octanol–water partition coefficient (Wildman–Crippen LogP) is 15.7. The van der Waals surface area contributed by atoms with Crippen LogP contribution in [0.1, 0.15) is 167 Å². The zero-order valence-corrected chi connectivity index (χ0v) is 55.2. The number of hydrogen-bond donors (Lipinski definition) is 3. The molecule has 0 bridgehead atoms. The van der Waals surface area contributed by atoms with E-state index in [2.05, 4.69) is 79.2 Å². The van der Waals surface area contributed by atoms with Gasteiger partial charge in [-0.15, -0.1) is 0 Å². The summed E-state index contributed by atoms with van der Waals surface area (Å²) in [6.45, 7) is 8.69. The number of anilines is 3. The number of hydrogen-bond acceptors (Lipinski definition) is 12. The number of halogens is 5. The number of imidazole rings is 6. The highest BCUT2D eigenvalue weighted by molar-refractivity contribution is 6.05. The van der Waals surface area contributed by atoms with Gasteiger partial charge in [-0.05, 0) is 170 Å². The van der Waals surface area contributed by atoms with Crippen molar-refractivity contribution in [3.05, 3.63) is 235 Å². The van der Waals surface area contributed by atoms with Gasteiger partial charge in [0.05, 0.1) is 64.3 Å². The minimum absolute atomic E-state index is 0.00805. The van der Waals surface area contributed by atoms with Crippen molar-refractivity contribution in [1.29, 1.82) is 0 Å². The molecule has 0 spiro atoms. The van der Waals surface area contributed by atoms with Crippen LogP contribution in [0.4, 0.5) is 39.3 Å². The van der Waals surface area contributed by atoms with Crippen LogP contribution < -0.4 is 16.0 Å². The standard InChI is InChI=1S/C25H22F4N6O.C25H25FN6O.C24H22N6O/c1-14-10-18(26)17(11-21(14)34-12-20(31-13-34)16-6-7-16)24(36)33-22-5-3-4-19(32-22)23-30-8-9-35(23)15(2)25(27,28)29;1-15(2)32-10-9-27-24(32)20-5-4-6-23(29-20)30-25(33)18-12-22(16(3)11-19(18)26)31-13-21(28-14-31)17-7-8-17;31-24(21-13-20(8-9-25-21)29-14-22(27-15-29)16-4-5-16)28-18-3-1-2-17(12-18)23-26-10-11-30(23)19-6-7-19/h3-5,8-13,15-16H,6-7H2,1-2H3,(H,32,33,36);4-6,9-15,17H,7-8H2,1-3H3,(H,29,30,33);1-3,8-16,19H,4-7H2,(H,28,31)/t15-;;/m0../s1. The molecule has 0 aliphatic heterocycles. The maximum Gasteiger partial charge on any atom is 0.408 e. The van der Waals surface area contributed by atoms with Gasteiger partial charge in [0.25, 0.3) is 17.7 Å². The first-order valence-corrected chi connectivity index (χ1v) is 33.1. The van der Waals surface area contributed by atoms with Gasteiger partial charge < -0.3 is 43.4 Å². The molecule has 16 rings (SSSR count). The summed E-state index contributed by atoms with van der Waals surface area (Å²) in [5.41, 5.74) is 9.27. The van der Waals surface area contributed by atoms with E-state index in [0.29, 0.717) is 58.1 Å². The molecule has 3 amide bonds. The molecule has 26 heteroatoms. The first kappa shape index (κ1) is 65.7. The summed E-state index contributed by atoms with van der Waals surface area (Å²) >= 11 is 0. The number of pyridine rings is 3. The number of amides is 3. The summed E-state index contributed by atoms with van der Waals surface area (Å²) in [5.74, 6) is 0.727. The van der Waals surface area contributed by atoms with E-state index < -0.39 is 35.7 Å². The molecule has 1 atom stereocenters. The molecule has 12 aromatic rings. The Bertz CT molecular complexity index is 5020. The second-order valence-corrected chi connectivity index (χ2v) is 25.9. The smallest absolute Gasteiger partial charge is 0.328 e. The molecular weight excluding hydrogens is 1280 g/mol. The Kier molecular flexibility index (Phi) is 18.0. The normalized spacial score (nSPS) is 14.6. The molecule has 0 unspecified atom stereocenters. The third kappa shape index (κ3) is 14.7. The number of nitrogens with one attached hydrogen (secondary N) is 3. The molecule has 100 heavy (non-hydrogen) atoms. The van der Waals surface area contributed by atoms with Crippen molar-refractivity contribution in [1.82, 2.24) is 72.3 Å². The third-order valence-electron chi connectivity index (χ3n) is 17.9. The second-order valence-electron chi connectivity index (χ2n) is 25.9. The van der Waals surface area contributed by atoms with Crippen molar-refractivity contribution >= 4 is 35.0 Å². The molecule has 0 radical (unpaired) electrons. The summed E-state index contributed by atoms with van der Waals surface area (Å²) in [6, 6.07) is 25.8. The van der Waals surface area contributed by atoms with Crippen LogP contribution in [0.25, 0.3) is 51.5 Å². The first-order chi connectivity index (χ1) is 48.3. The number of aryl methyl sites for hydroxylation is 2. The molecule has 4 saturated carbocycles. The lowest BCUT2D eigenvalue weighted by Crippen LogP contribution is -2.24. The Morgan fingerprint density at radius 3 is 1.51 bits per heavy atom. The highest BCUT2D eigenvalue weighted by Gasteiger charge is 2.39. The van der Waals surface area contributed by atoms with Crippen LogP contribution in [-0.4, -0.2) is 96.2 Å². The minimum Gasteiger partial charge on any atom is -0.328 e. The van der Waals surface area contributed by atoms with E-state index in [1.54, 1.807) is 67.1 Å². The molecule has 4 fully saturated rings. The average Bonchev–Trinajstić information content (AvgIpc) is 1.67. The van der Waals surface area contributed by atoms with E-state index in [4.69, 9.17) is 0 Å². The van der Waals surface area contributed by atoms with E-state index in [-0.39, 0.29) is 40.4 Å². The SMILES string of the molecule is Cc1cc(F)c(C(=O)Nc2cccc(-c3nccn3C(C)C)n2)cc1-n1cnc(C2CC2)c1.Cc1cc(F)c(C(=O)Nc2cccc(-c3nccn3[C@@H](C)C(F)(F)F)n2)cc1-n1cnc(C2CC2)c1.O=C(Nc1cccc(-c2nccn2C2CC2)c1)c1cc(-n2cnc(C3CC3)c2)ccn1. The maximum atomic E-state index is 14.8. The zero-order chi connectivity index (χ0) is 69.5. The van der Waals surface area contributed by atoms with Crippen LogP contribution >= 0.6 is 0 Å². The number of carbonyl (C=O) groups is 3. The highest BCUT2D eigenvalue weighted by atomic mass is 19.4. The second kappa shape index (κ2) is 27.4. The lowest BCUT2D eigenvalue weighted by Gasteiger charge is -2.19. The fourth-order valence-corrected chi connectivity index (χ4v) is 11.8. The van der Waals surface area contributed by atoms with Crippen LogP contribution in [-0.2, 0) is 0 Å². The molecule has 4 aliphatic carbocycles. The Morgan fingerprint density at radius 2 is 0.990 bits per heavy atom. The van der Waals surface area contributed by atoms with Crippen LogP contribution in [0, 0.1) is 25.5 Å². The summed E-state index contributed by atoms with van der Waals surface area (Å²) in [6.07, 6.45) is 27.5. The van der Waals surface area contributed by atoms with Gasteiger partial charge in [0.2, 0.25) is 0 Å². The highest BCUT2D eigenvalue weighted by Crippen LogP contribution is 2.42. The van der Waals surface area contributed by atoms with E-state index in [1.807, 2.05) is 94.2 Å². The van der Waals surface area contributed by atoms with Crippen molar-refractivity contribution in [3.8, 4) is 51.5 Å². The molecular formula is C74H69F5N18O3. The Balaban J connectivity index is 0.000000128. The Morgan fingerprint density at radius 1 is 0.500 bits per heavy atom. The van der Waals surface area contributed by atoms with Gasteiger partial charge in [-0.3, -0.25) is 19.4 Å². The van der Waals surface area contributed by atoms with Gasteiger partial charge in [0, 0.05) is 103 Å². The lowest BCUT2D eigenvalue weighted by atomic mass is 10.1. The van der Waals surface area contributed by atoms with E-state index >= 15 is 0 Å². The quantitative estimate of drug-likeness (QED) is 0.0681. The van der Waals surface area contributed by atoms with Gasteiger partial charge in [0.15, 0.2) is 11.6 Å². The summed E-state index contributed by atoms with van der Waals surface area (Å²) < 4.78 is 80.0. The molecule has 9 heterocycles. The van der Waals surface area contributed by atoms with Gasteiger partial charge in [-0.25, -0.2) is 48.7 Å². The largest absolute Gasteiger partial charge is 0.408 e. The fraction of sp³-hybridized carbons (Fsp3) is 0.270. The first-order valence-electron chi connectivity index (χ1n) is 33.1. The number of rotatable bonds is 18. The van der Waals surface area contributed by atoms with Crippen LogP contribution in [0.2, 0.25) is 0 Å². The molecule has 4 aliphatic rings. The predicted molar refractivity (Wildman–Crippen MR) is 366 cm³/mol. The average molecular weight is 1350 g/mol. The van der Waals surface area contributed by atoms with Crippen molar-refractivity contribution in [2.45, 2.75) is 128 Å². The summed E-state index contributed by atoms with van der Waals surface area (Å²) in [5, 5.41) is 8.24. The third-order valence-corrected chi connectivity index (χ3v) is 17.9. The fourth-order valence-electron chi connectivity index (χ4n) is 11.8. The van der Waals surface area contributed by atoms with Crippen molar-refractivity contribution in [2.75, 3.05) is 16.0 Å². The molecule has 21 nitrogen and oxygen atoms in total. The van der Waals surface area contributed by atoms with Crippen LogP contribution in [0.15, 0.2) is 178 Å². The van der Waals surface area contributed by atoms with E-state index in [9.17, 15) is 36.3 Å². The van der Waals surface area contributed by atoms with E-state index in [0.717, 1.165) is 88.3 Å². The number of benzene rings is 3. The van der Waals surface area contributed by atoms with E-state index in [1.165, 1.54) is 74.5 Å². The van der Waals surface area contributed by atoms with Gasteiger partial charge in [0.1, 0.15) is 52.2 Å². The van der Waals surface area contributed by atoms with Crippen molar-refractivity contribution < 1.29 is 36.3 Å². The van der Waals surface area contributed by atoms with Gasteiger partial charge >= 0.3 is 6.18 Å². The van der Waals surface area contributed by atoms with Gasteiger partial charge in [-0.1, -0.05) is 24.3 Å². The molecule has 3 aromatic carbocycles. The monoisotopic (exact) mass is 1350 g/mol. The van der Waals surface area contributed by atoms with Crippen LogP contribution in [0.5, 0.6) is 0 Å². The molecule has 3 N–H and O–H groups in total. The summed E-state index contributed by atoms with van der Waals surface area (Å²) in [7, 11) is 0.